The maximum absolute atomic E-state index is 13.6. The summed E-state index contributed by atoms with van der Waals surface area (Å²) in [6, 6.07) is 18.1. The van der Waals surface area contributed by atoms with Crippen LogP contribution >= 0.6 is 11.8 Å². The Morgan fingerprint density at radius 3 is 2.50 bits per heavy atom. The van der Waals surface area contributed by atoms with Gasteiger partial charge in [0.05, 0.1) is 6.42 Å². The first-order valence-corrected chi connectivity index (χ1v) is 11.1. The molecule has 0 aliphatic rings. The van der Waals surface area contributed by atoms with Crippen LogP contribution in [-0.2, 0) is 23.4 Å². The molecule has 162 valence electrons. The monoisotopic (exact) mass is 448 g/mol. The second-order valence-corrected chi connectivity index (χ2v) is 8.01. The Balaban J connectivity index is 1.22. The summed E-state index contributed by atoms with van der Waals surface area (Å²) in [7, 11) is 0. The van der Waals surface area contributed by atoms with Gasteiger partial charge < -0.3 is 9.73 Å². The van der Waals surface area contributed by atoms with Crippen molar-refractivity contribution in [3.63, 3.8) is 0 Å². The van der Waals surface area contributed by atoms with E-state index in [0.29, 0.717) is 35.4 Å². The summed E-state index contributed by atoms with van der Waals surface area (Å²) in [5.41, 5.74) is 3.43. The molecule has 0 bridgehead atoms. The van der Waals surface area contributed by atoms with E-state index in [9.17, 15) is 9.18 Å². The van der Waals surface area contributed by atoms with E-state index in [2.05, 4.69) is 20.5 Å². The molecular weight excluding hydrogens is 427 g/mol. The van der Waals surface area contributed by atoms with Gasteiger partial charge in [-0.05, 0) is 41.3 Å². The number of carbonyl (C=O) groups is 1. The highest BCUT2D eigenvalue weighted by Crippen LogP contribution is 2.25. The maximum Gasteiger partial charge on any atom is 0.277 e. The number of aromatic nitrogens is 3. The van der Waals surface area contributed by atoms with Crippen LogP contribution < -0.4 is 5.32 Å². The molecule has 1 N–H and O–H groups in total. The van der Waals surface area contributed by atoms with Gasteiger partial charge in [-0.25, -0.2) is 4.39 Å². The fourth-order valence-corrected chi connectivity index (χ4v) is 3.78. The predicted octanol–water partition coefficient (Wildman–Crippen LogP) is 4.46. The molecule has 4 rings (SSSR count). The molecule has 0 saturated carbocycles. The molecule has 0 aliphatic carbocycles. The topological polar surface area (TPSA) is 80.9 Å². The summed E-state index contributed by atoms with van der Waals surface area (Å²) < 4.78 is 19.3. The summed E-state index contributed by atoms with van der Waals surface area (Å²) >= 11 is 1.45. The summed E-state index contributed by atoms with van der Waals surface area (Å²) in [6.07, 6.45) is 4.10. The van der Waals surface area contributed by atoms with Crippen molar-refractivity contribution in [2.75, 3.05) is 6.54 Å². The molecular formula is C24H21FN4O2S. The average Bonchev–Trinajstić information content (AvgIpc) is 3.30. The summed E-state index contributed by atoms with van der Waals surface area (Å²) in [5, 5.41) is 11.5. The molecule has 0 saturated heterocycles. The van der Waals surface area contributed by atoms with E-state index in [1.54, 1.807) is 30.6 Å². The van der Waals surface area contributed by atoms with Crippen molar-refractivity contribution in [3.8, 4) is 11.5 Å². The molecule has 2 aromatic carbocycles. The number of pyridine rings is 1. The zero-order chi connectivity index (χ0) is 22.2. The lowest BCUT2D eigenvalue weighted by Crippen LogP contribution is -2.27. The van der Waals surface area contributed by atoms with Crippen molar-refractivity contribution in [1.82, 2.24) is 20.5 Å². The number of nitrogens with one attached hydrogen (secondary N) is 1. The van der Waals surface area contributed by atoms with Crippen molar-refractivity contribution in [3.05, 3.63) is 95.6 Å². The Morgan fingerprint density at radius 2 is 1.72 bits per heavy atom. The van der Waals surface area contributed by atoms with Crippen LogP contribution in [-0.4, -0.2) is 27.6 Å². The molecule has 0 aliphatic heterocycles. The first kappa shape index (κ1) is 21.7. The van der Waals surface area contributed by atoms with Gasteiger partial charge in [0, 0.05) is 30.3 Å². The SMILES string of the molecule is O=C(Cc1ccc(CSc2nnc(-c3ccncc3)o2)cc1)NCCc1ccccc1F. The first-order valence-electron chi connectivity index (χ1n) is 10.1. The third-order valence-electron chi connectivity index (χ3n) is 4.76. The minimum Gasteiger partial charge on any atom is -0.411 e. The van der Waals surface area contributed by atoms with Crippen molar-refractivity contribution in [1.29, 1.82) is 0 Å². The lowest BCUT2D eigenvalue weighted by atomic mass is 10.1. The van der Waals surface area contributed by atoms with Crippen molar-refractivity contribution in [2.24, 2.45) is 0 Å². The fourth-order valence-electron chi connectivity index (χ4n) is 3.06. The molecule has 6 nitrogen and oxygen atoms in total. The van der Waals surface area contributed by atoms with E-state index in [-0.39, 0.29) is 18.1 Å². The van der Waals surface area contributed by atoms with Crippen LogP contribution in [0.1, 0.15) is 16.7 Å². The maximum atomic E-state index is 13.6. The Labute approximate surface area is 189 Å². The zero-order valence-corrected chi connectivity index (χ0v) is 18.0. The van der Waals surface area contributed by atoms with Gasteiger partial charge in [0.15, 0.2) is 0 Å². The van der Waals surface area contributed by atoms with E-state index in [4.69, 9.17) is 4.42 Å². The Kier molecular flexibility index (Phi) is 7.24. The number of benzene rings is 2. The van der Waals surface area contributed by atoms with Gasteiger partial charge in [-0.1, -0.05) is 54.2 Å². The first-order chi connectivity index (χ1) is 15.7. The normalized spacial score (nSPS) is 10.8. The van der Waals surface area contributed by atoms with Crippen LogP contribution in [0.25, 0.3) is 11.5 Å². The van der Waals surface area contributed by atoms with Crippen LogP contribution in [0.3, 0.4) is 0 Å². The molecule has 0 atom stereocenters. The number of rotatable bonds is 9. The molecule has 1 amide bonds. The van der Waals surface area contributed by atoms with E-state index >= 15 is 0 Å². The minimum absolute atomic E-state index is 0.0852. The summed E-state index contributed by atoms with van der Waals surface area (Å²) in [6.45, 7) is 0.403. The number of carbonyl (C=O) groups excluding carboxylic acids is 1. The van der Waals surface area contributed by atoms with Gasteiger partial charge in [0.2, 0.25) is 11.8 Å². The zero-order valence-electron chi connectivity index (χ0n) is 17.2. The average molecular weight is 449 g/mol. The van der Waals surface area contributed by atoms with Crippen molar-refractivity contribution in [2.45, 2.75) is 23.8 Å². The predicted molar refractivity (Wildman–Crippen MR) is 120 cm³/mol. The van der Waals surface area contributed by atoms with Crippen LogP contribution in [0.5, 0.6) is 0 Å². The van der Waals surface area contributed by atoms with E-state index in [0.717, 1.165) is 16.7 Å². The molecule has 0 spiro atoms. The molecule has 2 aromatic heterocycles. The third kappa shape index (κ3) is 6.01. The molecule has 8 heteroatoms. The van der Waals surface area contributed by atoms with Gasteiger partial charge >= 0.3 is 0 Å². The smallest absolute Gasteiger partial charge is 0.277 e. The molecule has 0 fully saturated rings. The highest BCUT2D eigenvalue weighted by atomic mass is 32.2. The lowest BCUT2D eigenvalue weighted by molar-refractivity contribution is -0.120. The van der Waals surface area contributed by atoms with Crippen molar-refractivity contribution >= 4 is 17.7 Å². The van der Waals surface area contributed by atoms with Gasteiger partial charge in [0.25, 0.3) is 5.22 Å². The Morgan fingerprint density at radius 1 is 0.969 bits per heavy atom. The fraction of sp³-hybridized carbons (Fsp3) is 0.167. The Bertz CT molecular complexity index is 1170. The Hall–Kier alpha value is -3.52. The number of halogens is 1. The van der Waals surface area contributed by atoms with Crippen LogP contribution in [0.4, 0.5) is 4.39 Å². The second kappa shape index (κ2) is 10.7. The molecule has 2 heterocycles. The number of thioether (sulfide) groups is 1. The van der Waals surface area contributed by atoms with Gasteiger partial charge in [-0.15, -0.1) is 10.2 Å². The van der Waals surface area contributed by atoms with Gasteiger partial charge in [-0.2, -0.15) is 0 Å². The van der Waals surface area contributed by atoms with Gasteiger partial charge in [0.1, 0.15) is 5.82 Å². The second-order valence-electron chi connectivity index (χ2n) is 7.08. The summed E-state index contributed by atoms with van der Waals surface area (Å²) in [4.78, 5) is 16.1. The largest absolute Gasteiger partial charge is 0.411 e. The summed E-state index contributed by atoms with van der Waals surface area (Å²) in [5.74, 6) is 0.807. The highest BCUT2D eigenvalue weighted by Gasteiger charge is 2.10. The van der Waals surface area contributed by atoms with E-state index in [1.165, 1.54) is 17.8 Å². The number of hydrogen-bond donors (Lipinski definition) is 1. The minimum atomic E-state index is -0.246. The van der Waals surface area contributed by atoms with Crippen LogP contribution in [0.15, 0.2) is 82.7 Å². The lowest BCUT2D eigenvalue weighted by Gasteiger charge is -2.07. The number of amides is 1. The van der Waals surface area contributed by atoms with E-state index < -0.39 is 0 Å². The van der Waals surface area contributed by atoms with E-state index in [1.807, 2.05) is 36.4 Å². The number of nitrogens with zero attached hydrogens (tertiary/aromatic N) is 3. The van der Waals surface area contributed by atoms with Crippen molar-refractivity contribution < 1.29 is 13.6 Å². The highest BCUT2D eigenvalue weighted by molar-refractivity contribution is 7.98. The molecule has 32 heavy (non-hydrogen) atoms. The van der Waals surface area contributed by atoms with Gasteiger partial charge in [-0.3, -0.25) is 9.78 Å². The standard InChI is InChI=1S/C24H21FN4O2S/c25-21-4-2-1-3-19(21)11-14-27-22(30)15-17-5-7-18(8-6-17)16-32-24-29-28-23(31-24)20-9-12-26-13-10-20/h1-10,12-13H,11,14-16H2,(H,27,30). The van der Waals surface area contributed by atoms with Crippen LogP contribution in [0, 0.1) is 5.82 Å². The third-order valence-corrected chi connectivity index (χ3v) is 5.65. The quantitative estimate of drug-likeness (QED) is 0.381. The molecule has 4 aromatic rings. The number of hydrogen-bond acceptors (Lipinski definition) is 6. The van der Waals surface area contributed by atoms with Crippen LogP contribution in [0.2, 0.25) is 0 Å². The molecule has 0 unspecified atom stereocenters. The molecule has 0 radical (unpaired) electrons.